The van der Waals surface area contributed by atoms with Gasteiger partial charge in [0.2, 0.25) is 0 Å². The number of carbonyl (C=O) groups is 1. The molecule has 1 atom stereocenters. The molecule has 0 fully saturated rings. The van der Waals surface area contributed by atoms with Crippen molar-refractivity contribution >= 4 is 5.91 Å². The third kappa shape index (κ3) is 3.99. The van der Waals surface area contributed by atoms with E-state index in [4.69, 9.17) is 0 Å². The van der Waals surface area contributed by atoms with E-state index in [0.29, 0.717) is 23.4 Å². The molecule has 0 radical (unpaired) electrons. The summed E-state index contributed by atoms with van der Waals surface area (Å²) in [6.07, 6.45) is 1.49. The van der Waals surface area contributed by atoms with E-state index in [1.54, 1.807) is 12.1 Å². The topological polar surface area (TPSA) is 75.6 Å². The number of nitrogens with zero attached hydrogens (tertiary/aromatic N) is 3. The van der Waals surface area contributed by atoms with Crippen LogP contribution < -0.4 is 5.32 Å². The van der Waals surface area contributed by atoms with Gasteiger partial charge in [0.25, 0.3) is 5.91 Å². The summed E-state index contributed by atoms with van der Waals surface area (Å²) in [5, 5.41) is 14.2. The lowest BCUT2D eigenvalue weighted by Gasteiger charge is -2.14. The summed E-state index contributed by atoms with van der Waals surface area (Å²) in [6.45, 7) is 7.30. The van der Waals surface area contributed by atoms with Crippen molar-refractivity contribution in [3.05, 3.63) is 59.3 Å². The van der Waals surface area contributed by atoms with Crippen LogP contribution in [0.15, 0.2) is 36.5 Å². The molecule has 2 heterocycles. The fourth-order valence-corrected chi connectivity index (χ4v) is 2.88. The van der Waals surface area contributed by atoms with Crippen LogP contribution in [0.3, 0.4) is 0 Å². The fraction of sp³-hybridized carbons (Fsp3) is 0.316. The third-order valence-corrected chi connectivity index (χ3v) is 4.22. The Bertz CT molecular complexity index is 897. The molecule has 0 aliphatic heterocycles. The van der Waals surface area contributed by atoms with Crippen LogP contribution >= 0.6 is 0 Å². The summed E-state index contributed by atoms with van der Waals surface area (Å²) in [6, 6.07) is 7.98. The van der Waals surface area contributed by atoms with E-state index in [0.717, 1.165) is 17.9 Å². The van der Waals surface area contributed by atoms with Crippen LogP contribution in [0.4, 0.5) is 4.39 Å². The number of hydrogen-bond donors (Lipinski definition) is 2. The number of halogens is 1. The van der Waals surface area contributed by atoms with E-state index in [2.05, 4.69) is 27.5 Å². The van der Waals surface area contributed by atoms with Gasteiger partial charge in [0.05, 0.1) is 23.1 Å². The standard InChI is InChI=1S/C19H22FN5O/c1-12(11-25-14(3)8-13(2)24-25)9-21-19(26)17-10-22-23-18(17)15-4-6-16(20)7-5-15/h4-8,10,12H,9,11H2,1-3H3,(H,21,26)(H,22,23). The largest absolute Gasteiger partial charge is 0.352 e. The minimum Gasteiger partial charge on any atom is -0.352 e. The highest BCUT2D eigenvalue weighted by atomic mass is 19.1. The molecule has 26 heavy (non-hydrogen) atoms. The van der Waals surface area contributed by atoms with Gasteiger partial charge in [-0.1, -0.05) is 6.92 Å². The van der Waals surface area contributed by atoms with Crippen molar-refractivity contribution < 1.29 is 9.18 Å². The lowest BCUT2D eigenvalue weighted by molar-refractivity contribution is 0.0947. The molecule has 0 saturated carbocycles. The van der Waals surface area contributed by atoms with Crippen molar-refractivity contribution in [1.82, 2.24) is 25.3 Å². The maximum atomic E-state index is 13.1. The molecule has 1 amide bonds. The van der Waals surface area contributed by atoms with Crippen molar-refractivity contribution in [3.8, 4) is 11.3 Å². The third-order valence-electron chi connectivity index (χ3n) is 4.22. The Hall–Kier alpha value is -2.96. The van der Waals surface area contributed by atoms with E-state index in [9.17, 15) is 9.18 Å². The number of hydrogen-bond acceptors (Lipinski definition) is 3. The Morgan fingerprint density at radius 3 is 2.69 bits per heavy atom. The summed E-state index contributed by atoms with van der Waals surface area (Å²) in [5.41, 5.74) is 3.82. The molecular weight excluding hydrogens is 333 g/mol. The van der Waals surface area contributed by atoms with Gasteiger partial charge in [0, 0.05) is 24.3 Å². The van der Waals surface area contributed by atoms with Gasteiger partial charge in [-0.3, -0.25) is 14.6 Å². The average molecular weight is 355 g/mol. The molecule has 136 valence electrons. The molecule has 3 aromatic rings. The van der Waals surface area contributed by atoms with Crippen LogP contribution in [-0.4, -0.2) is 32.4 Å². The van der Waals surface area contributed by atoms with Gasteiger partial charge in [0.1, 0.15) is 5.82 Å². The number of aryl methyl sites for hydroxylation is 2. The number of nitrogens with one attached hydrogen (secondary N) is 2. The number of benzene rings is 1. The number of aromatic amines is 1. The Balaban J connectivity index is 1.63. The van der Waals surface area contributed by atoms with E-state index >= 15 is 0 Å². The highest BCUT2D eigenvalue weighted by Gasteiger charge is 2.16. The zero-order valence-corrected chi connectivity index (χ0v) is 15.1. The van der Waals surface area contributed by atoms with Crippen LogP contribution in [0.5, 0.6) is 0 Å². The fourth-order valence-electron chi connectivity index (χ4n) is 2.88. The van der Waals surface area contributed by atoms with E-state index in [1.165, 1.54) is 18.3 Å². The van der Waals surface area contributed by atoms with Gasteiger partial charge >= 0.3 is 0 Å². The summed E-state index contributed by atoms with van der Waals surface area (Å²) < 4.78 is 15.0. The number of H-pyrrole nitrogens is 1. The molecule has 1 unspecified atom stereocenters. The van der Waals surface area contributed by atoms with Gasteiger partial charge in [-0.15, -0.1) is 0 Å². The smallest absolute Gasteiger partial charge is 0.255 e. The minimum atomic E-state index is -0.322. The Kier molecular flexibility index (Phi) is 5.16. The summed E-state index contributed by atoms with van der Waals surface area (Å²) >= 11 is 0. The molecule has 1 aromatic carbocycles. The molecule has 0 saturated heterocycles. The minimum absolute atomic E-state index is 0.210. The van der Waals surface area contributed by atoms with Gasteiger partial charge in [-0.25, -0.2) is 4.39 Å². The molecule has 2 aromatic heterocycles. The van der Waals surface area contributed by atoms with Gasteiger partial charge in [-0.2, -0.15) is 10.2 Å². The Labute approximate surface area is 151 Å². The van der Waals surface area contributed by atoms with E-state index < -0.39 is 0 Å². The highest BCUT2D eigenvalue weighted by molar-refractivity contribution is 5.99. The van der Waals surface area contributed by atoms with Crippen molar-refractivity contribution in [2.75, 3.05) is 6.54 Å². The molecule has 0 spiro atoms. The van der Waals surface area contributed by atoms with E-state index in [1.807, 2.05) is 24.6 Å². The first kappa shape index (κ1) is 17.8. The predicted molar refractivity (Wildman–Crippen MR) is 97.2 cm³/mol. The maximum absolute atomic E-state index is 13.1. The first-order chi connectivity index (χ1) is 12.4. The monoisotopic (exact) mass is 355 g/mol. The SMILES string of the molecule is Cc1cc(C)n(CC(C)CNC(=O)c2cn[nH]c2-c2ccc(F)cc2)n1. The van der Waals surface area contributed by atoms with Crippen molar-refractivity contribution in [2.24, 2.45) is 5.92 Å². The molecule has 0 bridgehead atoms. The molecule has 6 nitrogen and oxygen atoms in total. The second-order valence-electron chi connectivity index (χ2n) is 6.59. The van der Waals surface area contributed by atoms with Crippen LogP contribution in [-0.2, 0) is 6.54 Å². The van der Waals surface area contributed by atoms with Gasteiger partial charge in [-0.05, 0) is 50.1 Å². The normalized spacial score (nSPS) is 12.2. The Morgan fingerprint density at radius 1 is 1.31 bits per heavy atom. The molecule has 0 aliphatic rings. The van der Waals surface area contributed by atoms with E-state index in [-0.39, 0.29) is 17.6 Å². The van der Waals surface area contributed by atoms with Crippen molar-refractivity contribution in [1.29, 1.82) is 0 Å². The second kappa shape index (κ2) is 7.51. The summed E-state index contributed by atoms with van der Waals surface area (Å²) in [5.74, 6) is -0.311. The van der Waals surface area contributed by atoms with Gasteiger partial charge in [0.15, 0.2) is 0 Å². The zero-order chi connectivity index (χ0) is 18.7. The van der Waals surface area contributed by atoms with Crippen LogP contribution in [0.25, 0.3) is 11.3 Å². The summed E-state index contributed by atoms with van der Waals surface area (Å²) in [7, 11) is 0. The molecular formula is C19H22FN5O. The lowest BCUT2D eigenvalue weighted by Crippen LogP contribution is -2.30. The number of carbonyl (C=O) groups excluding carboxylic acids is 1. The number of amides is 1. The number of aromatic nitrogens is 4. The summed E-state index contributed by atoms with van der Waals surface area (Å²) in [4.78, 5) is 12.5. The number of rotatable bonds is 6. The second-order valence-corrected chi connectivity index (χ2v) is 6.59. The lowest BCUT2D eigenvalue weighted by atomic mass is 10.1. The first-order valence-electron chi connectivity index (χ1n) is 8.52. The van der Waals surface area contributed by atoms with Crippen LogP contribution in [0.1, 0.15) is 28.7 Å². The molecule has 2 N–H and O–H groups in total. The molecule has 0 aliphatic carbocycles. The van der Waals surface area contributed by atoms with Crippen molar-refractivity contribution in [3.63, 3.8) is 0 Å². The predicted octanol–water partition coefficient (Wildman–Crippen LogP) is 3.10. The van der Waals surface area contributed by atoms with Gasteiger partial charge < -0.3 is 5.32 Å². The molecule has 3 rings (SSSR count). The highest BCUT2D eigenvalue weighted by Crippen LogP contribution is 2.21. The molecule has 7 heteroatoms. The quantitative estimate of drug-likeness (QED) is 0.713. The van der Waals surface area contributed by atoms with Crippen LogP contribution in [0.2, 0.25) is 0 Å². The van der Waals surface area contributed by atoms with Crippen LogP contribution in [0, 0.1) is 25.6 Å². The Morgan fingerprint density at radius 2 is 2.04 bits per heavy atom. The average Bonchev–Trinajstić information content (AvgIpc) is 3.20. The zero-order valence-electron chi connectivity index (χ0n) is 15.1. The first-order valence-corrected chi connectivity index (χ1v) is 8.52. The van der Waals surface area contributed by atoms with Crippen molar-refractivity contribution in [2.45, 2.75) is 27.3 Å². The maximum Gasteiger partial charge on any atom is 0.255 e.